The van der Waals surface area contributed by atoms with Crippen LogP contribution in [0.25, 0.3) is 0 Å². The molecule has 1 amide bonds. The van der Waals surface area contributed by atoms with E-state index in [1.807, 2.05) is 18.2 Å². The number of benzene rings is 3. The van der Waals surface area contributed by atoms with Crippen LogP contribution in [0, 0.1) is 5.82 Å². The zero-order valence-corrected chi connectivity index (χ0v) is 16.9. The molecule has 0 fully saturated rings. The second kappa shape index (κ2) is 8.22. The topological polar surface area (TPSA) is 62.7 Å². The van der Waals surface area contributed by atoms with Gasteiger partial charge in [0.15, 0.2) is 0 Å². The number of ether oxygens (including phenoxy) is 1. The summed E-state index contributed by atoms with van der Waals surface area (Å²) in [6.07, 6.45) is 2.04. The molecule has 1 aliphatic heterocycles. The normalized spacial score (nSPS) is 18.0. The van der Waals surface area contributed by atoms with Crippen LogP contribution < -0.4 is 10.6 Å². The molecular formula is C25H22FN3O2. The molecule has 3 aromatic carbocycles. The molecule has 0 saturated carbocycles. The molecule has 6 heteroatoms. The van der Waals surface area contributed by atoms with E-state index in [2.05, 4.69) is 34.9 Å². The molecule has 2 N–H and O–H groups in total. The van der Waals surface area contributed by atoms with Gasteiger partial charge in [0.05, 0.1) is 6.04 Å². The molecule has 3 aromatic rings. The molecule has 156 valence electrons. The van der Waals surface area contributed by atoms with E-state index in [1.54, 1.807) is 0 Å². The van der Waals surface area contributed by atoms with Crippen LogP contribution in [-0.2, 0) is 24.3 Å². The predicted molar refractivity (Wildman–Crippen MR) is 117 cm³/mol. The van der Waals surface area contributed by atoms with Crippen LogP contribution in [0.5, 0.6) is 0 Å². The van der Waals surface area contributed by atoms with E-state index in [0.717, 1.165) is 29.7 Å². The highest BCUT2D eigenvalue weighted by Gasteiger charge is 2.23. The monoisotopic (exact) mass is 415 g/mol. The van der Waals surface area contributed by atoms with Gasteiger partial charge in [-0.1, -0.05) is 30.3 Å². The number of nitrogens with zero attached hydrogens (tertiary/aromatic N) is 1. The van der Waals surface area contributed by atoms with Crippen molar-refractivity contribution in [1.82, 2.24) is 5.32 Å². The maximum absolute atomic E-state index is 13.0. The van der Waals surface area contributed by atoms with E-state index in [-0.39, 0.29) is 17.8 Å². The minimum Gasteiger partial charge on any atom is -0.460 e. The summed E-state index contributed by atoms with van der Waals surface area (Å²) >= 11 is 0. The molecule has 0 bridgehead atoms. The van der Waals surface area contributed by atoms with Crippen molar-refractivity contribution in [2.45, 2.75) is 32.0 Å². The maximum atomic E-state index is 13.0. The summed E-state index contributed by atoms with van der Waals surface area (Å²) in [5.74, 6) is -0.600. The van der Waals surface area contributed by atoms with E-state index in [9.17, 15) is 9.18 Å². The Labute approximate surface area is 180 Å². The van der Waals surface area contributed by atoms with Gasteiger partial charge in [0.2, 0.25) is 0 Å². The van der Waals surface area contributed by atoms with E-state index in [4.69, 9.17) is 9.73 Å². The fourth-order valence-corrected chi connectivity index (χ4v) is 4.06. The fourth-order valence-electron chi connectivity index (χ4n) is 4.06. The van der Waals surface area contributed by atoms with Gasteiger partial charge in [-0.3, -0.25) is 4.79 Å². The first-order valence-electron chi connectivity index (χ1n) is 10.4. The summed E-state index contributed by atoms with van der Waals surface area (Å²) in [6.45, 7) is 0.804. The van der Waals surface area contributed by atoms with Crippen LogP contribution in [0.3, 0.4) is 0 Å². The summed E-state index contributed by atoms with van der Waals surface area (Å²) in [5.41, 5.74) is 6.01. The average molecular weight is 415 g/mol. The Morgan fingerprint density at radius 2 is 1.94 bits per heavy atom. The molecule has 0 saturated heterocycles. The lowest BCUT2D eigenvalue weighted by atomic mass is 10.1. The molecule has 1 heterocycles. The lowest BCUT2D eigenvalue weighted by molar-refractivity contribution is 0.0951. The number of fused-ring (bicyclic) bond motifs is 2. The highest BCUT2D eigenvalue weighted by Crippen LogP contribution is 2.34. The van der Waals surface area contributed by atoms with Gasteiger partial charge in [-0.25, -0.2) is 9.38 Å². The van der Waals surface area contributed by atoms with E-state index in [1.165, 1.54) is 35.4 Å². The number of amides is 1. The van der Waals surface area contributed by atoms with Crippen molar-refractivity contribution < 1.29 is 13.9 Å². The zero-order valence-electron chi connectivity index (χ0n) is 16.9. The van der Waals surface area contributed by atoms with Gasteiger partial charge in [-0.05, 0) is 65.9 Å². The largest absolute Gasteiger partial charge is 0.460 e. The summed E-state index contributed by atoms with van der Waals surface area (Å²) in [5, 5.41) is 6.14. The Morgan fingerprint density at radius 1 is 1.10 bits per heavy atom. The number of hydrogen-bond acceptors (Lipinski definition) is 3. The van der Waals surface area contributed by atoms with Gasteiger partial charge >= 0.3 is 0 Å². The van der Waals surface area contributed by atoms with Crippen molar-refractivity contribution in [3.63, 3.8) is 0 Å². The van der Waals surface area contributed by atoms with Gasteiger partial charge in [-0.2, -0.15) is 0 Å². The number of carbonyl (C=O) groups is 1. The first kappa shape index (κ1) is 19.3. The number of anilines is 1. The quantitative estimate of drug-likeness (QED) is 0.647. The summed E-state index contributed by atoms with van der Waals surface area (Å²) in [6, 6.07) is 20.6. The Morgan fingerprint density at radius 3 is 2.81 bits per heavy atom. The molecule has 1 atom stereocenters. The smallest absolute Gasteiger partial charge is 0.290 e. The van der Waals surface area contributed by atoms with Gasteiger partial charge in [0, 0.05) is 23.4 Å². The van der Waals surface area contributed by atoms with Crippen LogP contribution in [0.15, 0.2) is 71.7 Å². The Kier molecular flexibility index (Phi) is 5.12. The van der Waals surface area contributed by atoms with E-state index in [0.29, 0.717) is 24.7 Å². The number of halogens is 1. The number of aliphatic imine (C=N–C) groups is 1. The lowest BCUT2D eigenvalue weighted by Crippen LogP contribution is -2.25. The fraction of sp³-hybridized carbons (Fsp3) is 0.200. The van der Waals surface area contributed by atoms with Crippen LogP contribution >= 0.6 is 0 Å². The molecule has 0 spiro atoms. The van der Waals surface area contributed by atoms with E-state index < -0.39 is 0 Å². The number of nitrogens with one attached hydrogen (secondary N) is 2. The molecule has 0 unspecified atom stereocenters. The van der Waals surface area contributed by atoms with Crippen molar-refractivity contribution in [3.05, 3.63) is 100 Å². The van der Waals surface area contributed by atoms with Gasteiger partial charge in [-0.15, -0.1) is 0 Å². The highest BCUT2D eigenvalue weighted by molar-refractivity contribution is 5.94. The van der Waals surface area contributed by atoms with Gasteiger partial charge in [0.25, 0.3) is 11.9 Å². The Bertz CT molecular complexity index is 1160. The van der Waals surface area contributed by atoms with Crippen molar-refractivity contribution in [3.8, 4) is 0 Å². The maximum Gasteiger partial charge on any atom is 0.290 e. The van der Waals surface area contributed by atoms with Crippen molar-refractivity contribution in [2.24, 2.45) is 4.99 Å². The predicted octanol–water partition coefficient (Wildman–Crippen LogP) is 4.74. The lowest BCUT2D eigenvalue weighted by Gasteiger charge is -2.22. The van der Waals surface area contributed by atoms with Crippen LogP contribution in [0.1, 0.15) is 45.1 Å². The molecule has 5 rings (SSSR count). The molecule has 31 heavy (non-hydrogen) atoms. The number of rotatable bonds is 4. The Balaban J connectivity index is 1.23. The van der Waals surface area contributed by atoms with E-state index >= 15 is 0 Å². The molecular weight excluding hydrogens is 393 g/mol. The number of hydrogen-bond donors (Lipinski definition) is 2. The third kappa shape index (κ3) is 4.14. The molecule has 0 radical (unpaired) electrons. The van der Waals surface area contributed by atoms with Crippen LogP contribution in [0.2, 0.25) is 0 Å². The SMILES string of the molecule is O=C(NCc1ccc2c(c1)COC(=N[C@@H]1CCc3ccccc31)N2)c1ccc(F)cc1. The standard InChI is InChI=1S/C25H22FN3O2/c26-20-9-6-18(7-10-20)24(30)27-14-16-5-11-22-19(13-16)15-31-25(28-22)29-23-12-8-17-3-1-2-4-21(17)23/h1-7,9-11,13,23H,8,12,14-15H2,(H,27,30)(H,28,29)/t23-/m1/s1. The zero-order chi connectivity index (χ0) is 21.2. The van der Waals surface area contributed by atoms with Crippen molar-refractivity contribution in [2.75, 3.05) is 5.32 Å². The minimum absolute atomic E-state index is 0.126. The third-order valence-electron chi connectivity index (χ3n) is 5.71. The van der Waals surface area contributed by atoms with Gasteiger partial charge < -0.3 is 15.4 Å². The second-order valence-corrected chi connectivity index (χ2v) is 7.78. The first-order valence-corrected chi connectivity index (χ1v) is 10.4. The molecule has 2 aliphatic rings. The molecule has 1 aliphatic carbocycles. The summed E-state index contributed by atoms with van der Waals surface area (Å²) < 4.78 is 18.9. The van der Waals surface area contributed by atoms with Crippen molar-refractivity contribution >= 4 is 17.6 Å². The average Bonchev–Trinajstić information content (AvgIpc) is 3.20. The number of carbonyl (C=O) groups excluding carboxylic acids is 1. The third-order valence-corrected chi connectivity index (χ3v) is 5.71. The summed E-state index contributed by atoms with van der Waals surface area (Å²) in [4.78, 5) is 17.0. The minimum atomic E-state index is -0.362. The second-order valence-electron chi connectivity index (χ2n) is 7.78. The first-order chi connectivity index (χ1) is 15.2. The number of amidine groups is 1. The van der Waals surface area contributed by atoms with Crippen LogP contribution in [-0.4, -0.2) is 11.9 Å². The number of aryl methyl sites for hydroxylation is 1. The van der Waals surface area contributed by atoms with Gasteiger partial charge in [0.1, 0.15) is 12.4 Å². The Hall–Kier alpha value is -3.67. The van der Waals surface area contributed by atoms with Crippen molar-refractivity contribution in [1.29, 1.82) is 0 Å². The summed E-state index contributed by atoms with van der Waals surface area (Å²) in [7, 11) is 0. The van der Waals surface area contributed by atoms with Crippen LogP contribution in [0.4, 0.5) is 10.1 Å². The molecule has 0 aromatic heterocycles. The molecule has 5 nitrogen and oxygen atoms in total. The highest BCUT2D eigenvalue weighted by atomic mass is 19.1.